The van der Waals surface area contributed by atoms with E-state index in [1.807, 2.05) is 43.3 Å². The molecule has 0 aromatic heterocycles. The van der Waals surface area contributed by atoms with Gasteiger partial charge in [0.25, 0.3) is 0 Å². The fourth-order valence-electron chi connectivity index (χ4n) is 2.14. The van der Waals surface area contributed by atoms with Gasteiger partial charge in [0.15, 0.2) is 0 Å². The normalized spacial score (nSPS) is 13.8. The molecule has 2 unspecified atom stereocenters. The monoisotopic (exact) mass is 411 g/mol. The number of hydrogen-bond acceptors (Lipinski definition) is 2. The van der Waals surface area contributed by atoms with E-state index >= 15 is 0 Å². The van der Waals surface area contributed by atoms with Gasteiger partial charge in [-0.3, -0.25) is 0 Å². The summed E-state index contributed by atoms with van der Waals surface area (Å²) >= 11 is 7.10. The zero-order valence-corrected chi connectivity index (χ0v) is 15.3. The fourth-order valence-corrected chi connectivity index (χ4v) is 2.90. The van der Waals surface area contributed by atoms with Gasteiger partial charge in [0.05, 0.1) is 0 Å². The second-order valence-corrected chi connectivity index (χ2v) is 6.75. The maximum absolute atomic E-state index is 6.28. The summed E-state index contributed by atoms with van der Waals surface area (Å²) in [4.78, 5) is 0. The van der Waals surface area contributed by atoms with Crippen molar-refractivity contribution in [2.24, 2.45) is 5.73 Å². The minimum absolute atomic E-state index is 0.0624. The smallest absolute Gasteiger partial charge is 0.140 e. The Bertz CT molecular complexity index is 615. The number of rotatable bonds is 5. The predicted octanol–water partition coefficient (Wildman–Crippen LogP) is 5.38. The molecule has 0 saturated carbocycles. The van der Waals surface area contributed by atoms with Crippen LogP contribution in [0, 0.1) is 6.92 Å². The highest BCUT2D eigenvalue weighted by atomic mass is 79.9. The van der Waals surface area contributed by atoms with Crippen molar-refractivity contribution in [2.45, 2.75) is 32.4 Å². The van der Waals surface area contributed by atoms with Crippen molar-refractivity contribution in [1.82, 2.24) is 0 Å². The SMILES string of the molecule is CCC(N)C(Oc1ccc(Br)c(C)c1)c1ccccc1Br. The van der Waals surface area contributed by atoms with E-state index < -0.39 is 0 Å². The van der Waals surface area contributed by atoms with Crippen LogP contribution >= 0.6 is 31.9 Å². The Hall–Kier alpha value is -0.840. The maximum atomic E-state index is 6.28. The van der Waals surface area contributed by atoms with E-state index in [0.717, 1.165) is 32.2 Å². The van der Waals surface area contributed by atoms with Crippen molar-refractivity contribution in [3.05, 3.63) is 62.5 Å². The Balaban J connectivity index is 2.33. The third-order valence-corrected chi connectivity index (χ3v) is 5.08. The molecule has 0 fully saturated rings. The maximum Gasteiger partial charge on any atom is 0.140 e. The largest absolute Gasteiger partial charge is 0.484 e. The van der Waals surface area contributed by atoms with Gasteiger partial charge in [0.2, 0.25) is 0 Å². The molecule has 21 heavy (non-hydrogen) atoms. The summed E-state index contributed by atoms with van der Waals surface area (Å²) in [5.74, 6) is 0.834. The van der Waals surface area contributed by atoms with Crippen LogP contribution in [0.15, 0.2) is 51.4 Å². The summed E-state index contributed by atoms with van der Waals surface area (Å²) in [5, 5.41) is 0. The van der Waals surface area contributed by atoms with Crippen molar-refractivity contribution in [2.75, 3.05) is 0 Å². The van der Waals surface area contributed by atoms with Crippen molar-refractivity contribution < 1.29 is 4.74 Å². The van der Waals surface area contributed by atoms with Gasteiger partial charge < -0.3 is 10.5 Å². The zero-order chi connectivity index (χ0) is 15.4. The summed E-state index contributed by atoms with van der Waals surface area (Å²) < 4.78 is 8.29. The van der Waals surface area contributed by atoms with Crippen LogP contribution in [0.5, 0.6) is 5.75 Å². The quantitative estimate of drug-likeness (QED) is 0.715. The topological polar surface area (TPSA) is 35.2 Å². The predicted molar refractivity (Wildman–Crippen MR) is 94.7 cm³/mol. The van der Waals surface area contributed by atoms with Gasteiger partial charge in [0.1, 0.15) is 11.9 Å². The van der Waals surface area contributed by atoms with Crippen LogP contribution in [0.25, 0.3) is 0 Å². The molecule has 0 aliphatic heterocycles. The molecule has 2 aromatic carbocycles. The summed E-state index contributed by atoms with van der Waals surface area (Å²) in [6, 6.07) is 14.0. The lowest BCUT2D eigenvalue weighted by molar-refractivity contribution is 0.170. The van der Waals surface area contributed by atoms with Gasteiger partial charge in [-0.2, -0.15) is 0 Å². The van der Waals surface area contributed by atoms with E-state index in [0.29, 0.717) is 0 Å². The van der Waals surface area contributed by atoms with Crippen LogP contribution in [-0.2, 0) is 0 Å². The van der Waals surface area contributed by atoms with E-state index in [4.69, 9.17) is 10.5 Å². The second kappa shape index (κ2) is 7.43. The number of nitrogens with two attached hydrogens (primary N) is 1. The molecule has 2 N–H and O–H groups in total. The number of halogens is 2. The van der Waals surface area contributed by atoms with E-state index in [1.165, 1.54) is 0 Å². The summed E-state index contributed by atoms with van der Waals surface area (Å²) in [6.07, 6.45) is 0.674. The molecule has 0 aliphatic carbocycles. The average Bonchev–Trinajstić information content (AvgIpc) is 2.48. The number of benzene rings is 2. The Labute approximate surface area is 143 Å². The standard InChI is InChI=1S/C17H19Br2NO/c1-3-16(20)17(13-6-4-5-7-15(13)19)21-12-8-9-14(18)11(2)10-12/h4-10,16-17H,3,20H2,1-2H3. The molecule has 0 bridgehead atoms. The fraction of sp³-hybridized carbons (Fsp3) is 0.294. The van der Waals surface area contributed by atoms with Crippen molar-refractivity contribution in [3.8, 4) is 5.75 Å². The van der Waals surface area contributed by atoms with E-state index in [1.54, 1.807) is 0 Å². The lowest BCUT2D eigenvalue weighted by Crippen LogP contribution is -2.31. The average molecular weight is 413 g/mol. The molecule has 2 aromatic rings. The molecule has 2 rings (SSSR count). The van der Waals surface area contributed by atoms with Crippen molar-refractivity contribution in [1.29, 1.82) is 0 Å². The minimum atomic E-state index is -0.175. The molecular weight excluding hydrogens is 394 g/mol. The molecule has 0 heterocycles. The zero-order valence-electron chi connectivity index (χ0n) is 12.1. The molecule has 0 radical (unpaired) electrons. The van der Waals surface area contributed by atoms with Crippen molar-refractivity contribution in [3.63, 3.8) is 0 Å². The Morgan fingerprint density at radius 1 is 1.10 bits per heavy atom. The van der Waals surface area contributed by atoms with Gasteiger partial charge in [-0.15, -0.1) is 0 Å². The van der Waals surface area contributed by atoms with E-state index in [-0.39, 0.29) is 12.1 Å². The van der Waals surface area contributed by atoms with E-state index in [9.17, 15) is 0 Å². The third-order valence-electron chi connectivity index (χ3n) is 3.46. The van der Waals surface area contributed by atoms with Crippen LogP contribution in [0.3, 0.4) is 0 Å². The van der Waals surface area contributed by atoms with Crippen molar-refractivity contribution >= 4 is 31.9 Å². The summed E-state index contributed by atoms with van der Waals surface area (Å²) in [5.41, 5.74) is 8.50. The number of ether oxygens (including phenoxy) is 1. The van der Waals surface area contributed by atoms with E-state index in [2.05, 4.69) is 44.8 Å². The molecular formula is C17H19Br2NO. The first-order valence-corrected chi connectivity index (χ1v) is 8.54. The Morgan fingerprint density at radius 2 is 1.81 bits per heavy atom. The Kier molecular flexibility index (Phi) is 5.85. The van der Waals surface area contributed by atoms with Crippen LogP contribution in [0.2, 0.25) is 0 Å². The van der Waals surface area contributed by atoms with Gasteiger partial charge in [-0.1, -0.05) is 57.0 Å². The Morgan fingerprint density at radius 3 is 2.43 bits per heavy atom. The highest BCUT2D eigenvalue weighted by Gasteiger charge is 2.22. The van der Waals surface area contributed by atoms with Crippen LogP contribution in [-0.4, -0.2) is 6.04 Å². The van der Waals surface area contributed by atoms with Gasteiger partial charge >= 0.3 is 0 Å². The molecule has 0 spiro atoms. The third kappa shape index (κ3) is 4.09. The molecule has 112 valence electrons. The molecule has 2 atom stereocenters. The van der Waals surface area contributed by atoms with Crippen LogP contribution < -0.4 is 10.5 Å². The first-order valence-electron chi connectivity index (χ1n) is 6.95. The molecule has 4 heteroatoms. The summed E-state index contributed by atoms with van der Waals surface area (Å²) in [6.45, 7) is 4.12. The second-order valence-electron chi connectivity index (χ2n) is 5.04. The van der Waals surface area contributed by atoms with Gasteiger partial charge in [-0.25, -0.2) is 0 Å². The number of aryl methyl sites for hydroxylation is 1. The first kappa shape index (κ1) is 16.5. The number of hydrogen-bond donors (Lipinski definition) is 1. The molecule has 2 nitrogen and oxygen atoms in total. The first-order chi connectivity index (χ1) is 10.0. The van der Waals surface area contributed by atoms with Gasteiger partial charge in [-0.05, 0) is 43.2 Å². The minimum Gasteiger partial charge on any atom is -0.484 e. The lowest BCUT2D eigenvalue weighted by Gasteiger charge is -2.26. The highest BCUT2D eigenvalue weighted by molar-refractivity contribution is 9.10. The van der Waals surface area contributed by atoms with Gasteiger partial charge in [0, 0.05) is 20.6 Å². The highest BCUT2D eigenvalue weighted by Crippen LogP contribution is 2.32. The lowest BCUT2D eigenvalue weighted by atomic mass is 10.0. The molecule has 0 saturated heterocycles. The summed E-state index contributed by atoms with van der Waals surface area (Å²) in [7, 11) is 0. The van der Waals surface area contributed by atoms with Crippen LogP contribution in [0.1, 0.15) is 30.6 Å². The van der Waals surface area contributed by atoms with Crippen LogP contribution in [0.4, 0.5) is 0 Å². The molecule has 0 aliphatic rings. The molecule has 0 amide bonds.